The van der Waals surface area contributed by atoms with Crippen LogP contribution in [0.4, 0.5) is 0 Å². The number of amides is 1. The fourth-order valence-corrected chi connectivity index (χ4v) is 4.70. The summed E-state index contributed by atoms with van der Waals surface area (Å²) in [5.74, 6) is 1.39. The van der Waals surface area contributed by atoms with Crippen molar-refractivity contribution in [1.82, 2.24) is 14.8 Å². The molecule has 0 saturated carbocycles. The fourth-order valence-electron chi connectivity index (χ4n) is 4.70. The molecule has 1 unspecified atom stereocenters. The van der Waals surface area contributed by atoms with E-state index in [1.54, 1.807) is 12.4 Å². The molecule has 1 atom stereocenters. The van der Waals surface area contributed by atoms with Crippen molar-refractivity contribution in [2.45, 2.75) is 38.6 Å². The molecule has 1 aromatic heterocycles. The molecule has 0 fully saturated rings. The van der Waals surface area contributed by atoms with Crippen LogP contribution >= 0.6 is 0 Å². The molecule has 2 heterocycles. The Morgan fingerprint density at radius 3 is 2.65 bits per heavy atom. The largest absolute Gasteiger partial charge is 0.491 e. The lowest BCUT2D eigenvalue weighted by Crippen LogP contribution is -2.36. The molecule has 0 radical (unpaired) electrons. The fraction of sp³-hybridized carbons (Fsp3) is 0.379. The highest BCUT2D eigenvalue weighted by Crippen LogP contribution is 2.27. The molecule has 3 aromatic rings. The van der Waals surface area contributed by atoms with Crippen molar-refractivity contribution in [2.75, 3.05) is 33.3 Å². The molecular formula is C29H35N3O2. The number of ether oxygens (including phenoxy) is 1. The van der Waals surface area contributed by atoms with E-state index in [4.69, 9.17) is 4.74 Å². The predicted molar refractivity (Wildman–Crippen MR) is 136 cm³/mol. The van der Waals surface area contributed by atoms with Gasteiger partial charge in [-0.25, -0.2) is 0 Å². The number of nitrogens with zero attached hydrogens (tertiary/aromatic N) is 3. The van der Waals surface area contributed by atoms with E-state index in [0.717, 1.165) is 38.1 Å². The zero-order chi connectivity index (χ0) is 23.8. The van der Waals surface area contributed by atoms with Gasteiger partial charge in [0.2, 0.25) is 0 Å². The smallest absolute Gasteiger partial charge is 0.255 e. The summed E-state index contributed by atoms with van der Waals surface area (Å²) in [4.78, 5) is 21.7. The normalized spacial score (nSPS) is 18.4. The first kappa shape index (κ1) is 24.0. The molecule has 4 rings (SSSR count). The summed E-state index contributed by atoms with van der Waals surface area (Å²) < 4.78 is 6.21. The first-order valence-electron chi connectivity index (χ1n) is 12.3. The molecule has 1 aliphatic heterocycles. The maximum absolute atomic E-state index is 13.2. The average Bonchev–Trinajstić information content (AvgIpc) is 2.86. The third-order valence-electron chi connectivity index (χ3n) is 6.58. The second kappa shape index (κ2) is 11.8. The first-order valence-corrected chi connectivity index (χ1v) is 12.3. The number of rotatable bonds is 2. The van der Waals surface area contributed by atoms with E-state index in [-0.39, 0.29) is 5.91 Å². The summed E-state index contributed by atoms with van der Waals surface area (Å²) in [6.45, 7) is 5.69. The lowest BCUT2D eigenvalue weighted by Gasteiger charge is -2.27. The minimum atomic E-state index is 0.0175. The van der Waals surface area contributed by atoms with Gasteiger partial charge in [0.1, 0.15) is 12.4 Å². The van der Waals surface area contributed by atoms with Crippen LogP contribution in [0.25, 0.3) is 0 Å². The number of hydrogen-bond donors (Lipinski definition) is 0. The highest BCUT2D eigenvalue weighted by Gasteiger charge is 2.19. The number of aromatic nitrogens is 1. The van der Waals surface area contributed by atoms with Crippen LogP contribution in [0.5, 0.6) is 5.75 Å². The van der Waals surface area contributed by atoms with E-state index in [9.17, 15) is 4.79 Å². The molecular weight excluding hydrogens is 422 g/mol. The highest BCUT2D eigenvalue weighted by atomic mass is 16.5. The van der Waals surface area contributed by atoms with Gasteiger partial charge in [0, 0.05) is 31.0 Å². The van der Waals surface area contributed by atoms with Crippen molar-refractivity contribution in [3.63, 3.8) is 0 Å². The number of pyridine rings is 1. The van der Waals surface area contributed by atoms with Gasteiger partial charge < -0.3 is 14.5 Å². The molecule has 0 spiro atoms. The summed E-state index contributed by atoms with van der Waals surface area (Å²) in [7, 11) is 2.19. The molecule has 0 bridgehead atoms. The van der Waals surface area contributed by atoms with Gasteiger partial charge in [-0.3, -0.25) is 9.78 Å². The maximum atomic E-state index is 13.2. The van der Waals surface area contributed by atoms with Crippen LogP contribution in [0.2, 0.25) is 0 Å². The standard InChI is InChI=1S/C29H35N3O2/c1-23-12-13-28-27(20-23)22-31(2)17-14-25(24-8-4-3-5-9-24)11-7-16-32(18-19-34-28)29(33)26-10-6-15-30-21-26/h3-6,8-10,12-13,15,20-21,25H,7,11,14,16-19,22H2,1-2H3. The van der Waals surface area contributed by atoms with E-state index in [2.05, 4.69) is 72.4 Å². The van der Waals surface area contributed by atoms with Crippen LogP contribution in [0, 0.1) is 6.92 Å². The summed E-state index contributed by atoms with van der Waals surface area (Å²) >= 11 is 0. The Morgan fingerprint density at radius 2 is 1.85 bits per heavy atom. The van der Waals surface area contributed by atoms with Crippen molar-refractivity contribution >= 4 is 5.91 Å². The number of carbonyl (C=O) groups excluding carboxylic acids is 1. The van der Waals surface area contributed by atoms with Crippen molar-refractivity contribution in [3.05, 3.63) is 95.3 Å². The summed E-state index contributed by atoms with van der Waals surface area (Å²) in [6, 6.07) is 20.8. The number of benzene rings is 2. The summed E-state index contributed by atoms with van der Waals surface area (Å²) in [5, 5.41) is 0. The number of hydrogen-bond acceptors (Lipinski definition) is 4. The van der Waals surface area contributed by atoms with Gasteiger partial charge >= 0.3 is 0 Å². The molecule has 2 aromatic carbocycles. The Balaban J connectivity index is 1.57. The lowest BCUT2D eigenvalue weighted by molar-refractivity contribution is 0.0724. The SMILES string of the molecule is Cc1ccc2c(c1)CN(C)CCC(c1ccccc1)CCCN(C(=O)c1cccnc1)CCO2. The van der Waals surface area contributed by atoms with E-state index in [0.29, 0.717) is 31.2 Å². The topological polar surface area (TPSA) is 45.7 Å². The van der Waals surface area contributed by atoms with Crippen molar-refractivity contribution < 1.29 is 9.53 Å². The Labute approximate surface area is 203 Å². The second-order valence-electron chi connectivity index (χ2n) is 9.27. The van der Waals surface area contributed by atoms with Crippen LogP contribution in [0.15, 0.2) is 73.1 Å². The van der Waals surface area contributed by atoms with Gasteiger partial charge in [0.05, 0.1) is 12.1 Å². The zero-order valence-corrected chi connectivity index (χ0v) is 20.3. The van der Waals surface area contributed by atoms with Crippen LogP contribution < -0.4 is 4.74 Å². The monoisotopic (exact) mass is 457 g/mol. The third-order valence-corrected chi connectivity index (χ3v) is 6.58. The number of aryl methyl sites for hydroxylation is 1. The van der Waals surface area contributed by atoms with Crippen LogP contribution in [0.1, 0.15) is 52.2 Å². The Morgan fingerprint density at radius 1 is 1.00 bits per heavy atom. The van der Waals surface area contributed by atoms with E-state index >= 15 is 0 Å². The predicted octanol–water partition coefficient (Wildman–Crippen LogP) is 5.31. The number of fused-ring (bicyclic) bond motifs is 1. The van der Waals surface area contributed by atoms with Crippen LogP contribution in [0.3, 0.4) is 0 Å². The molecule has 5 heteroatoms. The van der Waals surface area contributed by atoms with Crippen molar-refractivity contribution in [2.24, 2.45) is 0 Å². The molecule has 1 aliphatic rings. The van der Waals surface area contributed by atoms with Gasteiger partial charge in [-0.1, -0.05) is 48.0 Å². The minimum absolute atomic E-state index is 0.0175. The minimum Gasteiger partial charge on any atom is -0.491 e. The molecule has 5 nitrogen and oxygen atoms in total. The quantitative estimate of drug-likeness (QED) is 0.523. The van der Waals surface area contributed by atoms with Crippen molar-refractivity contribution in [3.8, 4) is 5.75 Å². The molecule has 1 amide bonds. The molecule has 0 aliphatic carbocycles. The van der Waals surface area contributed by atoms with E-state index in [1.807, 2.05) is 17.0 Å². The highest BCUT2D eigenvalue weighted by molar-refractivity contribution is 5.93. The Kier molecular flexibility index (Phi) is 8.31. The van der Waals surface area contributed by atoms with E-state index in [1.165, 1.54) is 16.7 Å². The summed E-state index contributed by atoms with van der Waals surface area (Å²) in [6.07, 6.45) is 6.42. The Hall–Kier alpha value is -3.18. The molecule has 34 heavy (non-hydrogen) atoms. The van der Waals surface area contributed by atoms with E-state index < -0.39 is 0 Å². The average molecular weight is 458 g/mol. The molecule has 0 saturated heterocycles. The molecule has 178 valence electrons. The Bertz CT molecular complexity index is 1060. The zero-order valence-electron chi connectivity index (χ0n) is 20.3. The maximum Gasteiger partial charge on any atom is 0.255 e. The first-order chi connectivity index (χ1) is 16.6. The van der Waals surface area contributed by atoms with Gasteiger partial charge in [-0.15, -0.1) is 0 Å². The van der Waals surface area contributed by atoms with Gasteiger partial charge in [0.15, 0.2) is 0 Å². The van der Waals surface area contributed by atoms with Crippen LogP contribution in [-0.4, -0.2) is 54.0 Å². The second-order valence-corrected chi connectivity index (χ2v) is 9.27. The van der Waals surface area contributed by atoms with Crippen LogP contribution in [-0.2, 0) is 6.54 Å². The summed E-state index contributed by atoms with van der Waals surface area (Å²) in [5.41, 5.74) is 4.43. The lowest BCUT2D eigenvalue weighted by atomic mass is 9.91. The molecule has 0 N–H and O–H groups in total. The van der Waals surface area contributed by atoms with Gasteiger partial charge in [0.25, 0.3) is 5.91 Å². The van der Waals surface area contributed by atoms with Gasteiger partial charge in [-0.05, 0) is 69.5 Å². The third kappa shape index (κ3) is 6.45. The van der Waals surface area contributed by atoms with Gasteiger partial charge in [-0.2, -0.15) is 0 Å². The number of carbonyl (C=O) groups is 1. The van der Waals surface area contributed by atoms with Crippen molar-refractivity contribution in [1.29, 1.82) is 0 Å².